The molecular formula is C20H25NO4S2. The Morgan fingerprint density at radius 2 is 2.00 bits per heavy atom. The van der Waals surface area contributed by atoms with Crippen molar-refractivity contribution >= 4 is 35.0 Å². The summed E-state index contributed by atoms with van der Waals surface area (Å²) in [6, 6.07) is 11.9. The molecule has 1 heterocycles. The van der Waals surface area contributed by atoms with Gasteiger partial charge in [0, 0.05) is 29.6 Å². The SMILES string of the molecule is COc1ccc(CN(C(=O)CSCCC(=O)O)[C@@H](C)Cc2cccs2)cc1. The number of aliphatic carboxylic acids is 1. The molecule has 27 heavy (non-hydrogen) atoms. The highest BCUT2D eigenvalue weighted by Gasteiger charge is 2.21. The highest BCUT2D eigenvalue weighted by Crippen LogP contribution is 2.19. The number of carboxylic acids is 1. The summed E-state index contributed by atoms with van der Waals surface area (Å²) >= 11 is 3.06. The van der Waals surface area contributed by atoms with Crippen LogP contribution >= 0.6 is 23.1 Å². The topological polar surface area (TPSA) is 66.8 Å². The monoisotopic (exact) mass is 407 g/mol. The van der Waals surface area contributed by atoms with Crippen molar-refractivity contribution in [2.45, 2.75) is 32.4 Å². The van der Waals surface area contributed by atoms with Gasteiger partial charge >= 0.3 is 5.97 Å². The van der Waals surface area contributed by atoms with Crippen molar-refractivity contribution in [3.63, 3.8) is 0 Å². The van der Waals surface area contributed by atoms with Crippen molar-refractivity contribution in [3.8, 4) is 5.75 Å². The number of carbonyl (C=O) groups is 2. The Morgan fingerprint density at radius 1 is 1.26 bits per heavy atom. The van der Waals surface area contributed by atoms with Gasteiger partial charge in [0.15, 0.2) is 0 Å². The fraction of sp³-hybridized carbons (Fsp3) is 0.400. The average molecular weight is 408 g/mol. The number of carboxylic acid groups (broad SMARTS) is 1. The van der Waals surface area contributed by atoms with E-state index in [1.54, 1.807) is 18.4 Å². The highest BCUT2D eigenvalue weighted by atomic mass is 32.2. The van der Waals surface area contributed by atoms with Crippen molar-refractivity contribution in [1.82, 2.24) is 4.90 Å². The number of thiophene rings is 1. The highest BCUT2D eigenvalue weighted by molar-refractivity contribution is 7.99. The van der Waals surface area contributed by atoms with E-state index in [-0.39, 0.29) is 24.1 Å². The van der Waals surface area contributed by atoms with Crippen molar-refractivity contribution in [2.24, 2.45) is 0 Å². The summed E-state index contributed by atoms with van der Waals surface area (Å²) in [6.45, 7) is 2.58. The first-order valence-electron chi connectivity index (χ1n) is 8.74. The quantitative estimate of drug-likeness (QED) is 0.572. The number of ether oxygens (including phenoxy) is 1. The molecule has 2 rings (SSSR count). The zero-order valence-corrected chi connectivity index (χ0v) is 17.2. The molecule has 0 unspecified atom stereocenters. The zero-order valence-electron chi connectivity index (χ0n) is 15.6. The lowest BCUT2D eigenvalue weighted by molar-refractivity contribution is -0.136. The number of rotatable bonds is 11. The van der Waals surface area contributed by atoms with E-state index in [0.29, 0.717) is 12.3 Å². The lowest BCUT2D eigenvalue weighted by atomic mass is 10.1. The Hall–Kier alpha value is -1.99. The maximum Gasteiger partial charge on any atom is 0.304 e. The average Bonchev–Trinajstić information content (AvgIpc) is 3.16. The molecule has 0 aliphatic rings. The smallest absolute Gasteiger partial charge is 0.304 e. The van der Waals surface area contributed by atoms with E-state index in [9.17, 15) is 9.59 Å². The van der Waals surface area contributed by atoms with Gasteiger partial charge in [-0.05, 0) is 36.1 Å². The molecule has 0 radical (unpaired) electrons. The Bertz CT molecular complexity index is 716. The summed E-state index contributed by atoms with van der Waals surface area (Å²) in [6.07, 6.45) is 0.876. The van der Waals surface area contributed by atoms with Crippen LogP contribution in [0, 0.1) is 0 Å². The van der Waals surface area contributed by atoms with Gasteiger partial charge in [-0.15, -0.1) is 11.3 Å². The summed E-state index contributed by atoms with van der Waals surface area (Å²) in [5, 5.41) is 10.8. The van der Waals surface area contributed by atoms with E-state index < -0.39 is 5.97 Å². The molecule has 0 saturated heterocycles. The van der Waals surface area contributed by atoms with Crippen LogP contribution in [0.25, 0.3) is 0 Å². The minimum atomic E-state index is -0.837. The minimum absolute atomic E-state index is 0.0327. The van der Waals surface area contributed by atoms with Crippen molar-refractivity contribution in [3.05, 3.63) is 52.2 Å². The van der Waals surface area contributed by atoms with E-state index in [1.807, 2.05) is 40.6 Å². The first-order valence-corrected chi connectivity index (χ1v) is 10.8. The molecular weight excluding hydrogens is 382 g/mol. The van der Waals surface area contributed by atoms with Crippen molar-refractivity contribution in [2.75, 3.05) is 18.6 Å². The normalized spacial score (nSPS) is 11.8. The lowest BCUT2D eigenvalue weighted by Gasteiger charge is -2.29. The number of benzene rings is 1. The van der Waals surface area contributed by atoms with E-state index in [2.05, 4.69) is 13.0 Å². The van der Waals surface area contributed by atoms with Gasteiger partial charge in [-0.3, -0.25) is 9.59 Å². The van der Waals surface area contributed by atoms with E-state index in [4.69, 9.17) is 9.84 Å². The predicted molar refractivity (Wildman–Crippen MR) is 111 cm³/mol. The number of methoxy groups -OCH3 is 1. The zero-order chi connectivity index (χ0) is 19.6. The molecule has 0 saturated carbocycles. The third-order valence-corrected chi connectivity index (χ3v) is 5.97. The van der Waals surface area contributed by atoms with E-state index >= 15 is 0 Å². The predicted octanol–water partition coefficient (Wildman–Crippen LogP) is 3.92. The molecule has 146 valence electrons. The molecule has 0 aliphatic carbocycles. The van der Waals surface area contributed by atoms with Crippen LogP contribution in [0.5, 0.6) is 5.75 Å². The standard InChI is InChI=1S/C20H25NO4S2/c1-15(12-18-4-3-10-27-18)21(19(22)14-26-11-9-20(23)24)13-16-5-7-17(25-2)8-6-16/h3-8,10,15H,9,11-14H2,1-2H3,(H,23,24)/t15-/m0/s1. The van der Waals surface area contributed by atoms with Crippen molar-refractivity contribution in [1.29, 1.82) is 0 Å². The Balaban J connectivity index is 2.03. The Labute approximate surface area is 168 Å². The van der Waals surface area contributed by atoms with Crippen LogP contribution < -0.4 is 4.74 Å². The Morgan fingerprint density at radius 3 is 2.59 bits per heavy atom. The molecule has 0 bridgehead atoms. The number of hydrogen-bond donors (Lipinski definition) is 1. The van der Waals surface area contributed by atoms with Crippen LogP contribution in [0.15, 0.2) is 41.8 Å². The van der Waals surface area contributed by atoms with E-state index in [1.165, 1.54) is 16.6 Å². The second-order valence-electron chi connectivity index (χ2n) is 6.20. The largest absolute Gasteiger partial charge is 0.497 e. The third kappa shape index (κ3) is 7.27. The molecule has 1 N–H and O–H groups in total. The number of carbonyl (C=O) groups excluding carboxylic acids is 1. The number of hydrogen-bond acceptors (Lipinski definition) is 5. The number of thioether (sulfide) groups is 1. The van der Waals surface area contributed by atoms with Crippen LogP contribution in [0.2, 0.25) is 0 Å². The summed E-state index contributed by atoms with van der Waals surface area (Å²) in [7, 11) is 1.63. The van der Waals surface area contributed by atoms with Crippen LogP contribution in [0.3, 0.4) is 0 Å². The third-order valence-electron chi connectivity index (χ3n) is 4.13. The Kier molecular flexibility index (Phi) is 8.67. The van der Waals surface area contributed by atoms with Crippen molar-refractivity contribution < 1.29 is 19.4 Å². The molecule has 1 aromatic carbocycles. The van der Waals surface area contributed by atoms with E-state index in [0.717, 1.165) is 17.7 Å². The van der Waals surface area contributed by atoms with Gasteiger partial charge in [0.1, 0.15) is 5.75 Å². The summed E-state index contributed by atoms with van der Waals surface area (Å²) < 4.78 is 5.19. The second kappa shape index (κ2) is 11.0. The molecule has 0 aliphatic heterocycles. The maximum absolute atomic E-state index is 12.8. The second-order valence-corrected chi connectivity index (χ2v) is 8.34. The van der Waals surface area contributed by atoms with Gasteiger partial charge in [0.25, 0.3) is 0 Å². The van der Waals surface area contributed by atoms with Crippen LogP contribution in [0.4, 0.5) is 0 Å². The minimum Gasteiger partial charge on any atom is -0.497 e. The van der Waals surface area contributed by atoms with Gasteiger partial charge in [-0.25, -0.2) is 0 Å². The number of amides is 1. The fourth-order valence-corrected chi connectivity index (χ4v) is 4.28. The molecule has 1 amide bonds. The lowest BCUT2D eigenvalue weighted by Crippen LogP contribution is -2.40. The molecule has 0 spiro atoms. The molecule has 2 aromatic rings. The summed E-state index contributed by atoms with van der Waals surface area (Å²) in [4.78, 5) is 26.6. The maximum atomic E-state index is 12.8. The first-order chi connectivity index (χ1) is 13.0. The molecule has 1 aromatic heterocycles. The fourth-order valence-electron chi connectivity index (χ4n) is 2.65. The molecule has 0 fully saturated rings. The summed E-state index contributed by atoms with van der Waals surface area (Å²) in [5.41, 5.74) is 1.04. The van der Waals surface area contributed by atoms with Gasteiger partial charge in [-0.1, -0.05) is 18.2 Å². The van der Waals surface area contributed by atoms with Crippen LogP contribution in [-0.2, 0) is 22.6 Å². The summed E-state index contributed by atoms with van der Waals surface area (Å²) in [5.74, 6) is 0.712. The molecule has 5 nitrogen and oxygen atoms in total. The number of nitrogens with zero attached hydrogens (tertiary/aromatic N) is 1. The molecule has 7 heteroatoms. The van der Waals surface area contributed by atoms with Gasteiger partial charge in [0.05, 0.1) is 19.3 Å². The van der Waals surface area contributed by atoms with Crippen LogP contribution in [0.1, 0.15) is 23.8 Å². The van der Waals surface area contributed by atoms with Gasteiger partial charge in [0.2, 0.25) is 5.91 Å². The van der Waals surface area contributed by atoms with Crippen LogP contribution in [-0.4, -0.2) is 46.5 Å². The van der Waals surface area contributed by atoms with Gasteiger partial charge < -0.3 is 14.7 Å². The van der Waals surface area contributed by atoms with Gasteiger partial charge in [-0.2, -0.15) is 11.8 Å². The molecule has 1 atom stereocenters. The first kappa shape index (κ1) is 21.3.